The quantitative estimate of drug-likeness (QED) is 0.475. The molecule has 0 aromatic heterocycles. The molecule has 0 fully saturated rings. The Morgan fingerprint density at radius 2 is 1.92 bits per heavy atom. The van der Waals surface area contributed by atoms with Crippen molar-refractivity contribution in [3.05, 3.63) is 12.7 Å². The van der Waals surface area contributed by atoms with Crippen LogP contribution in [0.4, 0.5) is 0 Å². The molecule has 12 heavy (non-hydrogen) atoms. The molecule has 0 bridgehead atoms. The number of halogens is 1. The molecule has 1 heteroatoms. The minimum absolute atomic E-state index is 0.768. The minimum atomic E-state index is 0.768. The lowest BCUT2D eigenvalue weighted by molar-refractivity contribution is 0.333. The van der Waals surface area contributed by atoms with E-state index >= 15 is 0 Å². The van der Waals surface area contributed by atoms with Crippen LogP contribution in [0.3, 0.4) is 0 Å². The Kier molecular flexibility index (Phi) is 6.83. The summed E-state index contributed by atoms with van der Waals surface area (Å²) in [5.74, 6) is 2.38. The van der Waals surface area contributed by atoms with Gasteiger partial charge in [-0.25, -0.2) is 0 Å². The number of rotatable bonds is 6. The zero-order valence-electron chi connectivity index (χ0n) is 8.52. The molecule has 0 aliphatic rings. The van der Waals surface area contributed by atoms with Crippen molar-refractivity contribution in [2.45, 2.75) is 33.6 Å². The summed E-state index contributed by atoms with van der Waals surface area (Å²) in [6.07, 6.45) is 4.49. The van der Waals surface area contributed by atoms with Crippen LogP contribution in [0.2, 0.25) is 0 Å². The number of allylic oxidation sites excluding steroid dienone is 1. The molecule has 0 saturated carbocycles. The fraction of sp³-hybridized carbons (Fsp3) is 0.818. The second kappa shape index (κ2) is 6.71. The maximum absolute atomic E-state index is 3.78. The maximum atomic E-state index is 3.78. The van der Waals surface area contributed by atoms with E-state index in [0.717, 1.165) is 29.5 Å². The predicted octanol–water partition coefficient (Wildman–Crippen LogP) is 4.26. The van der Waals surface area contributed by atoms with E-state index in [-0.39, 0.29) is 0 Å². The second-order valence-corrected chi connectivity index (χ2v) is 4.69. The van der Waals surface area contributed by atoms with E-state index in [0.29, 0.717) is 0 Å². The van der Waals surface area contributed by atoms with Gasteiger partial charge in [-0.05, 0) is 30.6 Å². The molecule has 0 aromatic rings. The third kappa shape index (κ3) is 4.97. The molecule has 2 atom stereocenters. The monoisotopic (exact) mass is 232 g/mol. The standard InChI is InChI=1S/C11H21Br/c1-5-6-10(4)11(8-12)7-9(2)3/h5,9-11H,1,6-8H2,2-4H3. The van der Waals surface area contributed by atoms with Gasteiger partial charge < -0.3 is 0 Å². The highest BCUT2D eigenvalue weighted by atomic mass is 79.9. The van der Waals surface area contributed by atoms with E-state index in [4.69, 9.17) is 0 Å². The van der Waals surface area contributed by atoms with E-state index in [1.54, 1.807) is 0 Å². The maximum Gasteiger partial charge on any atom is 0.00624 e. The van der Waals surface area contributed by atoms with Crippen molar-refractivity contribution in [3.63, 3.8) is 0 Å². The van der Waals surface area contributed by atoms with E-state index < -0.39 is 0 Å². The summed E-state index contributed by atoms with van der Waals surface area (Å²) >= 11 is 3.58. The number of hydrogen-bond acceptors (Lipinski definition) is 0. The predicted molar refractivity (Wildman–Crippen MR) is 60.7 cm³/mol. The Morgan fingerprint density at radius 3 is 2.25 bits per heavy atom. The third-order valence-electron chi connectivity index (χ3n) is 2.32. The highest BCUT2D eigenvalue weighted by Gasteiger charge is 2.15. The molecule has 0 aliphatic heterocycles. The Hall–Kier alpha value is 0.220. The fourth-order valence-electron chi connectivity index (χ4n) is 1.51. The van der Waals surface area contributed by atoms with Gasteiger partial charge in [0.05, 0.1) is 0 Å². The Morgan fingerprint density at radius 1 is 1.33 bits per heavy atom. The van der Waals surface area contributed by atoms with Gasteiger partial charge in [0.2, 0.25) is 0 Å². The van der Waals surface area contributed by atoms with E-state index in [1.165, 1.54) is 6.42 Å². The van der Waals surface area contributed by atoms with Crippen molar-refractivity contribution < 1.29 is 0 Å². The molecule has 0 saturated heterocycles. The molecule has 0 N–H and O–H groups in total. The van der Waals surface area contributed by atoms with Crippen LogP contribution in [0, 0.1) is 17.8 Å². The first kappa shape index (κ1) is 12.2. The summed E-state index contributed by atoms with van der Waals surface area (Å²) in [7, 11) is 0. The minimum Gasteiger partial charge on any atom is -0.103 e. The molecular weight excluding hydrogens is 212 g/mol. The summed E-state index contributed by atoms with van der Waals surface area (Å²) in [5, 5.41) is 1.13. The van der Waals surface area contributed by atoms with Gasteiger partial charge in [0.1, 0.15) is 0 Å². The van der Waals surface area contributed by atoms with Crippen LogP contribution in [-0.4, -0.2) is 5.33 Å². The van der Waals surface area contributed by atoms with Crippen molar-refractivity contribution in [2.24, 2.45) is 17.8 Å². The average Bonchev–Trinajstić information content (AvgIpc) is 2.00. The molecule has 0 amide bonds. The molecule has 0 aromatic carbocycles. The Balaban J connectivity index is 3.86. The summed E-state index contributed by atoms with van der Waals surface area (Å²) in [4.78, 5) is 0. The second-order valence-electron chi connectivity index (χ2n) is 4.05. The van der Waals surface area contributed by atoms with Crippen LogP contribution >= 0.6 is 15.9 Å². The Labute approximate surface area is 85.6 Å². The summed E-state index contributed by atoms with van der Waals surface area (Å²) in [6, 6.07) is 0. The first-order chi connectivity index (χ1) is 5.61. The molecule has 0 spiro atoms. The lowest BCUT2D eigenvalue weighted by Gasteiger charge is -2.22. The number of alkyl halides is 1. The third-order valence-corrected chi connectivity index (χ3v) is 3.15. The van der Waals surface area contributed by atoms with Crippen LogP contribution in [-0.2, 0) is 0 Å². The van der Waals surface area contributed by atoms with Gasteiger partial charge in [-0.2, -0.15) is 0 Å². The van der Waals surface area contributed by atoms with Gasteiger partial charge >= 0.3 is 0 Å². The topological polar surface area (TPSA) is 0 Å². The highest BCUT2D eigenvalue weighted by Crippen LogP contribution is 2.24. The van der Waals surface area contributed by atoms with E-state index in [2.05, 4.69) is 43.3 Å². The van der Waals surface area contributed by atoms with Crippen LogP contribution in [0.1, 0.15) is 33.6 Å². The fourth-order valence-corrected chi connectivity index (χ4v) is 2.41. The van der Waals surface area contributed by atoms with Gasteiger partial charge in [0.25, 0.3) is 0 Å². The van der Waals surface area contributed by atoms with Crippen LogP contribution in [0.5, 0.6) is 0 Å². The zero-order valence-corrected chi connectivity index (χ0v) is 10.1. The van der Waals surface area contributed by atoms with Gasteiger partial charge in [-0.15, -0.1) is 6.58 Å². The first-order valence-corrected chi connectivity index (χ1v) is 5.90. The van der Waals surface area contributed by atoms with Crippen molar-refractivity contribution in [2.75, 3.05) is 5.33 Å². The highest BCUT2D eigenvalue weighted by molar-refractivity contribution is 9.09. The SMILES string of the molecule is C=CCC(C)C(CBr)CC(C)C. The molecule has 0 heterocycles. The van der Waals surface area contributed by atoms with Gasteiger partial charge in [0.15, 0.2) is 0 Å². The largest absolute Gasteiger partial charge is 0.103 e. The molecular formula is C11H21Br. The summed E-state index contributed by atoms with van der Waals surface area (Å²) in [5.41, 5.74) is 0. The Bertz CT molecular complexity index is 118. The summed E-state index contributed by atoms with van der Waals surface area (Å²) < 4.78 is 0. The molecule has 0 radical (unpaired) electrons. The lowest BCUT2D eigenvalue weighted by atomic mass is 9.86. The normalized spacial score (nSPS) is 16.1. The first-order valence-electron chi connectivity index (χ1n) is 4.78. The van der Waals surface area contributed by atoms with Crippen molar-refractivity contribution in [3.8, 4) is 0 Å². The molecule has 2 unspecified atom stereocenters. The molecule has 0 aliphatic carbocycles. The zero-order chi connectivity index (χ0) is 9.56. The van der Waals surface area contributed by atoms with E-state index in [9.17, 15) is 0 Å². The van der Waals surface area contributed by atoms with E-state index in [1.807, 2.05) is 6.08 Å². The summed E-state index contributed by atoms with van der Waals surface area (Å²) in [6.45, 7) is 10.7. The molecule has 0 nitrogen and oxygen atoms in total. The van der Waals surface area contributed by atoms with Gasteiger partial charge in [-0.1, -0.05) is 42.8 Å². The lowest BCUT2D eigenvalue weighted by Crippen LogP contribution is -2.15. The van der Waals surface area contributed by atoms with Crippen molar-refractivity contribution >= 4 is 15.9 Å². The van der Waals surface area contributed by atoms with Crippen LogP contribution in [0.15, 0.2) is 12.7 Å². The van der Waals surface area contributed by atoms with Crippen molar-refractivity contribution in [1.82, 2.24) is 0 Å². The number of hydrogen-bond donors (Lipinski definition) is 0. The average molecular weight is 233 g/mol. The van der Waals surface area contributed by atoms with Crippen molar-refractivity contribution in [1.29, 1.82) is 0 Å². The smallest absolute Gasteiger partial charge is 0.00624 e. The van der Waals surface area contributed by atoms with Crippen LogP contribution in [0.25, 0.3) is 0 Å². The molecule has 0 rings (SSSR count). The molecule has 72 valence electrons. The van der Waals surface area contributed by atoms with Gasteiger partial charge in [0, 0.05) is 5.33 Å². The van der Waals surface area contributed by atoms with Crippen LogP contribution < -0.4 is 0 Å². The van der Waals surface area contributed by atoms with Gasteiger partial charge in [-0.3, -0.25) is 0 Å².